The van der Waals surface area contributed by atoms with Crippen molar-refractivity contribution < 1.29 is 40.2 Å². The summed E-state index contributed by atoms with van der Waals surface area (Å²) in [4.78, 5) is 14.9. The Morgan fingerprint density at radius 3 is 2.56 bits per heavy atom. The smallest absolute Gasteiger partial charge is 0.397 e. The normalized spacial score (nSPS) is 14.3. The van der Waals surface area contributed by atoms with E-state index in [1.165, 1.54) is 36.4 Å². The molecule has 2 heterocycles. The number of benzene rings is 2. The Bertz CT molecular complexity index is 1690. The van der Waals surface area contributed by atoms with E-state index in [1.54, 1.807) is 0 Å². The highest BCUT2D eigenvalue weighted by Crippen LogP contribution is 2.38. The van der Waals surface area contributed by atoms with E-state index < -0.39 is 32.6 Å². The van der Waals surface area contributed by atoms with Gasteiger partial charge in [0.05, 0.1) is 45.6 Å². The van der Waals surface area contributed by atoms with E-state index in [0.717, 1.165) is 32.4 Å². The molecule has 0 atom stereocenters. The van der Waals surface area contributed by atoms with Crippen LogP contribution in [0.5, 0.6) is 0 Å². The van der Waals surface area contributed by atoms with E-state index >= 15 is 0 Å². The Labute approximate surface area is 255 Å². The molecule has 1 fully saturated rings. The predicted octanol–water partition coefficient (Wildman–Crippen LogP) is 4.28. The zero-order valence-corrected chi connectivity index (χ0v) is 25.2. The van der Waals surface area contributed by atoms with Gasteiger partial charge in [-0.2, -0.15) is 28.5 Å². The maximum atomic E-state index is 12.6. The van der Waals surface area contributed by atoms with Crippen molar-refractivity contribution in [2.75, 3.05) is 41.4 Å². The van der Waals surface area contributed by atoms with Gasteiger partial charge in [-0.05, 0) is 61.2 Å². The van der Waals surface area contributed by atoms with Crippen LogP contribution in [0.15, 0.2) is 56.4 Å². The van der Waals surface area contributed by atoms with Gasteiger partial charge in [-0.1, -0.05) is 11.1 Å². The van der Waals surface area contributed by atoms with Crippen LogP contribution < -0.4 is 16.0 Å². The zero-order valence-electron chi connectivity index (χ0n) is 22.0. The molecule has 5 N–H and O–H groups in total. The maximum absolute atomic E-state index is 12.6. The molecule has 1 saturated heterocycles. The molecule has 0 saturated carbocycles. The van der Waals surface area contributed by atoms with Crippen LogP contribution in [-0.4, -0.2) is 67.0 Å². The fraction of sp³-hybridized carbons (Fsp3) is 0.318. The van der Waals surface area contributed by atoms with Crippen molar-refractivity contribution in [1.82, 2.24) is 15.0 Å². The monoisotopic (exact) mass is 676 g/mol. The van der Waals surface area contributed by atoms with Gasteiger partial charge < -0.3 is 16.0 Å². The van der Waals surface area contributed by atoms with Crippen LogP contribution in [0.1, 0.15) is 19.3 Å². The van der Waals surface area contributed by atoms with E-state index in [0.29, 0.717) is 18.0 Å². The van der Waals surface area contributed by atoms with Crippen LogP contribution in [0.3, 0.4) is 0 Å². The molecule has 0 aliphatic carbocycles. The van der Waals surface area contributed by atoms with Gasteiger partial charge in [0.15, 0.2) is 9.84 Å². The number of aromatic nitrogens is 3. The van der Waals surface area contributed by atoms with E-state index in [-0.39, 0.29) is 43.8 Å². The van der Waals surface area contributed by atoms with Crippen molar-refractivity contribution in [1.29, 1.82) is 0 Å². The molecule has 43 heavy (non-hydrogen) atoms. The summed E-state index contributed by atoms with van der Waals surface area (Å²) < 4.78 is 64.0. The van der Waals surface area contributed by atoms with E-state index in [2.05, 4.69) is 44.1 Å². The largest absolute Gasteiger partial charge is 0.398 e. The lowest BCUT2D eigenvalue weighted by Gasteiger charge is -2.26. The predicted molar refractivity (Wildman–Crippen MR) is 156 cm³/mol. The molecule has 0 spiro atoms. The number of hydrogen-bond acceptors (Lipinski definition) is 17. The molecule has 0 amide bonds. The first-order chi connectivity index (χ1) is 20.4. The first-order valence-corrected chi connectivity index (χ1v) is 16.5. The number of anilines is 4. The van der Waals surface area contributed by atoms with E-state index in [9.17, 15) is 16.8 Å². The van der Waals surface area contributed by atoms with Gasteiger partial charge in [0.25, 0.3) is 0 Å². The highest BCUT2D eigenvalue weighted by atomic mass is 35.5. The second-order valence-corrected chi connectivity index (χ2v) is 13.1. The molecule has 17 nitrogen and oxygen atoms in total. The Balaban J connectivity index is 1.63. The molecule has 4 rings (SSSR count). The fourth-order valence-electron chi connectivity index (χ4n) is 3.86. The number of sulfone groups is 1. The summed E-state index contributed by atoms with van der Waals surface area (Å²) in [6, 6.07) is 8.32. The van der Waals surface area contributed by atoms with Crippen molar-refractivity contribution in [3.8, 4) is 0 Å². The summed E-state index contributed by atoms with van der Waals surface area (Å²) in [5, 5.41) is 23.5. The number of azo groups is 1. The summed E-state index contributed by atoms with van der Waals surface area (Å²) in [7, 11) is -8.80. The van der Waals surface area contributed by atoms with Gasteiger partial charge in [0.1, 0.15) is 5.69 Å². The third-order valence-electron chi connectivity index (χ3n) is 5.80. The van der Waals surface area contributed by atoms with E-state index in [4.69, 9.17) is 27.1 Å². The minimum atomic E-state index is -4.79. The second-order valence-electron chi connectivity index (χ2n) is 8.80. The number of rotatable bonds is 13. The number of piperidine rings is 1. The lowest BCUT2D eigenvalue weighted by atomic mass is 10.1. The van der Waals surface area contributed by atoms with Gasteiger partial charge in [-0.15, -0.1) is 9.45 Å². The highest BCUT2D eigenvalue weighted by Gasteiger charge is 2.19. The van der Waals surface area contributed by atoms with Crippen LogP contribution >= 0.6 is 23.6 Å². The van der Waals surface area contributed by atoms with Gasteiger partial charge in [0.2, 0.25) is 17.2 Å². The number of nitrogens with two attached hydrogens (primary N) is 1. The number of nitrogens with one attached hydrogen (secondary N) is 1. The Morgan fingerprint density at radius 2 is 1.84 bits per heavy atom. The van der Waals surface area contributed by atoms with Crippen LogP contribution in [0.25, 0.3) is 0 Å². The molecule has 3 aromatic rings. The van der Waals surface area contributed by atoms with Crippen molar-refractivity contribution in [2.45, 2.75) is 29.1 Å². The zero-order chi connectivity index (χ0) is 31.0. The quantitative estimate of drug-likeness (QED) is 0.0493. The number of hydrogen-bond donors (Lipinski definition) is 4. The average Bonchev–Trinajstić information content (AvgIpc) is 2.95. The Morgan fingerprint density at radius 1 is 1.07 bits per heavy atom. The minimum absolute atomic E-state index is 0.0325. The van der Waals surface area contributed by atoms with Crippen LogP contribution in [0.4, 0.5) is 34.6 Å². The molecular weight excluding hydrogens is 652 g/mol. The third-order valence-corrected chi connectivity index (χ3v) is 8.77. The average molecular weight is 677 g/mol. The molecular formula is C22H25ClN8O9S3. The van der Waals surface area contributed by atoms with Crippen LogP contribution in [0.2, 0.25) is 5.28 Å². The lowest BCUT2D eigenvalue weighted by molar-refractivity contribution is -0.432. The first-order valence-electron chi connectivity index (χ1n) is 12.3. The molecule has 1 aliphatic rings. The van der Waals surface area contributed by atoms with Gasteiger partial charge in [-0.3, -0.25) is 4.55 Å². The molecule has 0 radical (unpaired) electrons. The summed E-state index contributed by atoms with van der Waals surface area (Å²) in [5.41, 5.74) is 6.91. The van der Waals surface area contributed by atoms with Crippen molar-refractivity contribution in [3.63, 3.8) is 0 Å². The molecule has 1 aliphatic heterocycles. The van der Waals surface area contributed by atoms with Gasteiger partial charge in [0, 0.05) is 18.8 Å². The molecule has 2 aromatic carbocycles. The van der Waals surface area contributed by atoms with Crippen molar-refractivity contribution >= 4 is 78.5 Å². The standard InChI is InChI=1S/C22H25ClN8O9S3/c23-20-26-21(28-22(27-20)31-7-2-1-3-8-31)25-17-12-16(24)19(41-40-39-32)13-18(17)30-29-14-5-4-6-15(11-14)42(33,34)10-9-38-43(35,36)37/h4-6,11-13,32H,1-3,7-10,24H2,(H,35,36,37)(H,25,26,27,28). The fourth-order valence-corrected chi connectivity index (χ4v) is 5.96. The van der Waals surface area contributed by atoms with E-state index in [1.807, 2.05) is 4.90 Å². The molecule has 1 aromatic heterocycles. The van der Waals surface area contributed by atoms with Gasteiger partial charge >= 0.3 is 10.4 Å². The topological polar surface area (TPSA) is 241 Å². The molecule has 21 heteroatoms. The minimum Gasteiger partial charge on any atom is -0.398 e. The SMILES string of the molecule is Nc1cc(Nc2nc(Cl)nc(N3CCCCC3)n2)c(N=Nc2cccc(S(=O)(=O)CCOS(=O)(=O)O)c2)cc1SOOO. The summed E-state index contributed by atoms with van der Waals surface area (Å²) in [6.45, 7) is 0.759. The third kappa shape index (κ3) is 9.64. The highest BCUT2D eigenvalue weighted by molar-refractivity contribution is 7.94. The Hall–Kier alpha value is -3.21. The molecule has 0 unspecified atom stereocenters. The molecule has 232 valence electrons. The number of nitrogens with zero attached hydrogens (tertiary/aromatic N) is 6. The first kappa shape index (κ1) is 32.7. The maximum Gasteiger partial charge on any atom is 0.397 e. The summed E-state index contributed by atoms with van der Waals surface area (Å²) in [5.74, 6) is -0.216. The summed E-state index contributed by atoms with van der Waals surface area (Å²) >= 11 is 6.77. The van der Waals surface area contributed by atoms with Crippen LogP contribution in [0, 0.1) is 0 Å². The van der Waals surface area contributed by atoms with Crippen LogP contribution in [-0.2, 0) is 33.8 Å². The number of halogens is 1. The lowest BCUT2D eigenvalue weighted by Crippen LogP contribution is -2.31. The number of nitrogen functional groups attached to an aromatic ring is 1. The summed E-state index contributed by atoms with van der Waals surface area (Å²) in [6.07, 6.45) is 3.10. The second kappa shape index (κ2) is 14.5. The van der Waals surface area contributed by atoms with Crippen molar-refractivity contribution in [3.05, 3.63) is 41.7 Å². The van der Waals surface area contributed by atoms with Crippen molar-refractivity contribution in [2.24, 2.45) is 10.2 Å². The van der Waals surface area contributed by atoms with Gasteiger partial charge in [-0.25, -0.2) is 17.9 Å². The Kier molecular flexibility index (Phi) is 11.0. The molecule has 0 bridgehead atoms.